The topological polar surface area (TPSA) is 276 Å². The number of carboxylic acids is 1. The van der Waals surface area contributed by atoms with E-state index in [4.69, 9.17) is 55.4 Å². The molecule has 11 N–H and O–H groups in total. The molecule has 244 valence electrons. The maximum Gasteiger partial charge on any atom is 2.00 e. The Morgan fingerprint density at radius 2 is 1.12 bits per heavy atom. The predicted molar refractivity (Wildman–Crippen MR) is 140 cm³/mol. The van der Waals surface area contributed by atoms with E-state index in [0.717, 1.165) is 0 Å². The molecule has 0 aliphatic rings. The van der Waals surface area contributed by atoms with Gasteiger partial charge in [-0.3, -0.25) is 0 Å². The fourth-order valence-corrected chi connectivity index (χ4v) is 2.21. The van der Waals surface area contributed by atoms with Gasteiger partial charge in [0.1, 0.15) is 18.2 Å². The number of carboxylic acid groups (broad SMARTS) is 1. The smallest absolute Gasteiger partial charge is 0.480 e. The summed E-state index contributed by atoms with van der Waals surface area (Å²) in [6.07, 6.45) is -6.91. The number of aliphatic hydroxyl groups is 8. The Labute approximate surface area is 294 Å². The molecule has 42 heavy (non-hydrogen) atoms. The number of aliphatic carboxylic acids is 1. The van der Waals surface area contributed by atoms with Crippen LogP contribution in [0.25, 0.3) is 0 Å². The van der Waals surface area contributed by atoms with Crippen molar-refractivity contribution in [1.29, 1.82) is 0 Å². The fraction of sp³-hybridized carbons (Fsp3) is 0.708. The Hall–Kier alpha value is -0.206. The average molecular weight is 1060 g/mol. The molecule has 0 saturated heterocycles. The minimum Gasteiger partial charge on any atom is -0.480 e. The number of carbonyl (C=O) groups is 3. The van der Waals surface area contributed by atoms with Gasteiger partial charge in [-0.25, -0.2) is 14.4 Å². The SMILES string of the molecule is [CH2-]C(O)C(O)C(O)CO.[CH2-]C(O)C(O)C(O)CO.[CH2-]CCOC(=O)NCCCCC(NC(=O)OCC[CH2-])C(=O)O.[U+2].[U+2]. The van der Waals surface area contributed by atoms with Crippen LogP contribution in [0.15, 0.2) is 0 Å². The molecular weight excluding hydrogens is 1020 g/mol. The first-order valence-electron chi connectivity index (χ1n) is 12.3. The van der Waals surface area contributed by atoms with Crippen LogP contribution in [-0.4, -0.2) is 140 Å². The minimum absolute atomic E-state index is 0. The first kappa shape index (κ1) is 51.4. The summed E-state index contributed by atoms with van der Waals surface area (Å²) >= 11 is 0. The quantitative estimate of drug-likeness (QED) is 0.0523. The van der Waals surface area contributed by atoms with E-state index in [1.54, 1.807) is 0 Å². The van der Waals surface area contributed by atoms with Crippen molar-refractivity contribution in [1.82, 2.24) is 10.6 Å². The summed E-state index contributed by atoms with van der Waals surface area (Å²) in [6, 6.07) is -1.02. The van der Waals surface area contributed by atoms with Crippen LogP contribution in [0.2, 0.25) is 0 Å². The predicted octanol–water partition coefficient (Wildman–Crippen LogP) is -2.70. The molecule has 0 rings (SSSR count). The fourth-order valence-electron chi connectivity index (χ4n) is 2.21. The zero-order chi connectivity index (χ0) is 31.7. The number of nitrogens with one attached hydrogen (secondary N) is 2. The molecule has 0 aromatic rings. The van der Waals surface area contributed by atoms with Crippen molar-refractivity contribution >= 4 is 18.2 Å². The van der Waals surface area contributed by atoms with Crippen LogP contribution in [0, 0.1) is 89.9 Å². The van der Waals surface area contributed by atoms with E-state index in [2.05, 4.69) is 38.3 Å². The van der Waals surface area contributed by atoms with Gasteiger partial charge in [0, 0.05) is 6.54 Å². The van der Waals surface area contributed by atoms with Crippen LogP contribution in [-0.2, 0) is 14.3 Å². The number of aliphatic hydroxyl groups excluding tert-OH is 8. The minimum atomic E-state index is -1.37. The van der Waals surface area contributed by atoms with Crippen LogP contribution in [0.1, 0.15) is 32.1 Å². The van der Waals surface area contributed by atoms with Gasteiger partial charge in [-0.2, -0.15) is 0 Å². The molecule has 7 unspecified atom stereocenters. The number of ether oxygens (including phenoxy) is 2. The summed E-state index contributed by atoms with van der Waals surface area (Å²) in [5, 5.41) is 81.7. The van der Waals surface area contributed by atoms with Crippen molar-refractivity contribution in [3.8, 4) is 0 Å². The molecule has 0 bridgehead atoms. The normalized spacial score (nSPS) is 15.0. The van der Waals surface area contributed by atoms with E-state index in [1.807, 2.05) is 0 Å². The molecule has 0 heterocycles. The van der Waals surface area contributed by atoms with Gasteiger partial charge in [-0.05, 0) is 31.5 Å². The molecule has 0 aromatic heterocycles. The Kier molecular flexibility index (Phi) is 41.2. The second kappa shape index (κ2) is 33.7. The molecule has 0 aromatic carbocycles. The van der Waals surface area contributed by atoms with E-state index >= 15 is 0 Å². The van der Waals surface area contributed by atoms with Gasteiger partial charge in [-0.1, -0.05) is 0 Å². The molecular formula is C24H46N2O14U2. The largest absolute Gasteiger partial charge is 2.00 e. The van der Waals surface area contributed by atoms with Crippen molar-refractivity contribution in [2.24, 2.45) is 0 Å². The molecule has 0 aliphatic heterocycles. The first-order chi connectivity index (χ1) is 18.7. The van der Waals surface area contributed by atoms with Crippen LogP contribution in [0.4, 0.5) is 9.59 Å². The van der Waals surface area contributed by atoms with Crippen molar-refractivity contribution in [3.05, 3.63) is 27.7 Å². The van der Waals surface area contributed by atoms with Crippen molar-refractivity contribution in [2.75, 3.05) is 33.0 Å². The number of hydrogen-bond acceptors (Lipinski definition) is 13. The van der Waals surface area contributed by atoms with Gasteiger partial charge in [0.25, 0.3) is 0 Å². The van der Waals surface area contributed by atoms with Crippen molar-refractivity contribution in [2.45, 2.75) is 74.8 Å². The summed E-state index contributed by atoms with van der Waals surface area (Å²) in [5.74, 6) is -1.13. The first-order valence-corrected chi connectivity index (χ1v) is 12.3. The Balaban J connectivity index is -0.000000189. The number of unbranched alkanes of at least 4 members (excludes halogenated alkanes) is 1. The summed E-state index contributed by atoms with van der Waals surface area (Å²) < 4.78 is 9.48. The molecule has 2 amide bonds. The van der Waals surface area contributed by atoms with Crippen LogP contribution >= 0.6 is 0 Å². The zero-order valence-electron chi connectivity index (χ0n) is 23.5. The van der Waals surface area contributed by atoms with Gasteiger partial charge in [0.15, 0.2) is 0 Å². The molecule has 0 aliphatic carbocycles. The Bertz CT molecular complexity index is 630. The molecule has 16 nitrogen and oxygen atoms in total. The van der Waals surface area contributed by atoms with Crippen LogP contribution in [0.3, 0.4) is 0 Å². The second-order valence-electron chi connectivity index (χ2n) is 8.05. The van der Waals surface area contributed by atoms with E-state index in [-0.39, 0.29) is 81.9 Å². The van der Waals surface area contributed by atoms with Gasteiger partial charge in [0.05, 0.1) is 38.6 Å². The number of rotatable bonds is 17. The number of hydrogen-bond donors (Lipinski definition) is 11. The average Bonchev–Trinajstić information content (AvgIpc) is 2.92. The number of alkyl carbamates (subject to hydrolysis) is 2. The van der Waals surface area contributed by atoms with E-state index < -0.39 is 74.0 Å². The molecule has 18 heteroatoms. The van der Waals surface area contributed by atoms with E-state index in [1.165, 1.54) is 0 Å². The van der Waals surface area contributed by atoms with Crippen LogP contribution in [0.5, 0.6) is 0 Å². The standard InChI is InChI=1S/C14H24N2O6.2C5H11O4.2U/c1-3-9-21-13(19)15-8-6-5-7-11(12(17)18)16-14(20)22-10-4-2;2*1-3(7)5(9)4(8)2-6;;/h11H,1-10H2,(H,15,19)(H,16,20)(H,17,18);2*3-9H,1-2H2;;/q-2;2*-1;2*+2. The molecule has 0 spiro atoms. The summed E-state index contributed by atoms with van der Waals surface area (Å²) in [4.78, 5) is 33.4. The third-order valence-electron chi connectivity index (χ3n) is 4.49. The van der Waals surface area contributed by atoms with Crippen molar-refractivity contribution in [3.63, 3.8) is 0 Å². The molecule has 7 atom stereocenters. The summed E-state index contributed by atoms with van der Waals surface area (Å²) in [7, 11) is 0. The van der Waals surface area contributed by atoms with Gasteiger partial charge < -0.3 is 93.8 Å². The maximum atomic E-state index is 11.3. The summed E-state index contributed by atoms with van der Waals surface area (Å²) in [5.41, 5.74) is 0. The third-order valence-corrected chi connectivity index (χ3v) is 4.49. The Morgan fingerprint density at radius 3 is 1.43 bits per heavy atom. The number of amides is 2. The van der Waals surface area contributed by atoms with E-state index in [0.29, 0.717) is 32.2 Å². The monoisotopic (exact) mass is 1060 g/mol. The Morgan fingerprint density at radius 1 is 0.714 bits per heavy atom. The van der Waals surface area contributed by atoms with Gasteiger partial charge >= 0.3 is 80.4 Å². The molecule has 0 radical (unpaired) electrons. The van der Waals surface area contributed by atoms with E-state index in [9.17, 15) is 14.4 Å². The van der Waals surface area contributed by atoms with Gasteiger partial charge in [-0.15, -0.1) is 12.8 Å². The second-order valence-corrected chi connectivity index (χ2v) is 8.05. The molecule has 0 saturated carbocycles. The van der Waals surface area contributed by atoms with Crippen molar-refractivity contribution < 1.29 is 132 Å². The maximum absolute atomic E-state index is 11.3. The zero-order valence-corrected chi connectivity index (χ0v) is 31.8. The number of carbonyl (C=O) groups excluding carboxylic acids is 2. The van der Waals surface area contributed by atoms with Gasteiger partial charge in [0.2, 0.25) is 0 Å². The molecule has 0 fully saturated rings. The third kappa shape index (κ3) is 31.2. The van der Waals surface area contributed by atoms with Crippen LogP contribution < -0.4 is 10.6 Å². The summed E-state index contributed by atoms with van der Waals surface area (Å²) in [6.45, 7) is 12.7.